The molecule has 0 amide bonds. The third-order valence-corrected chi connectivity index (χ3v) is 13.7. The lowest BCUT2D eigenvalue weighted by Crippen LogP contribution is -2.67. The maximum Gasteiger partial charge on any atom is 0.333 e. The van der Waals surface area contributed by atoms with Crippen molar-refractivity contribution in [2.24, 2.45) is 17.6 Å². The van der Waals surface area contributed by atoms with Gasteiger partial charge in [0.05, 0.1) is 6.61 Å². The van der Waals surface area contributed by atoms with Gasteiger partial charge in [-0.15, -0.1) is 0 Å². The lowest BCUT2D eigenvalue weighted by atomic mass is 9.77. The Labute approximate surface area is 244 Å². The predicted octanol–water partition coefficient (Wildman–Crippen LogP) is 6.93. The van der Waals surface area contributed by atoms with Crippen LogP contribution in [0.3, 0.4) is 0 Å². The largest absolute Gasteiger partial charge is 0.463 e. The van der Waals surface area contributed by atoms with Gasteiger partial charge in [-0.2, -0.15) is 0 Å². The number of carbonyl (C=O) groups excluding carboxylic acids is 1. The summed E-state index contributed by atoms with van der Waals surface area (Å²) in [5.74, 6) is 0.566. The highest BCUT2D eigenvalue weighted by Crippen LogP contribution is 2.43. The number of rotatable bonds is 13. The molecule has 0 radical (unpaired) electrons. The third kappa shape index (κ3) is 7.63. The lowest BCUT2D eigenvalue weighted by molar-refractivity contribution is -0.138. The number of benzene rings is 2. The van der Waals surface area contributed by atoms with Crippen LogP contribution < -0.4 is 16.1 Å². The highest BCUT2D eigenvalue weighted by atomic mass is 28.4. The number of hydrogen-bond acceptors (Lipinski definition) is 4. The minimum absolute atomic E-state index is 0.0304. The Morgan fingerprint density at radius 2 is 1.70 bits per heavy atom. The Bertz CT molecular complexity index is 1080. The molecule has 4 nitrogen and oxygen atoms in total. The van der Waals surface area contributed by atoms with Gasteiger partial charge in [-0.05, 0) is 73.2 Å². The number of allylic oxidation sites excluding steroid dienone is 3. The molecule has 3 rings (SSSR count). The Morgan fingerprint density at radius 1 is 1.10 bits per heavy atom. The fourth-order valence-corrected chi connectivity index (χ4v) is 11.3. The van der Waals surface area contributed by atoms with Crippen molar-refractivity contribution < 1.29 is 14.0 Å². The molecule has 2 aromatic carbocycles. The zero-order valence-corrected chi connectivity index (χ0v) is 26.6. The third-order valence-electron chi connectivity index (χ3n) is 8.65. The van der Waals surface area contributed by atoms with Crippen molar-refractivity contribution in [3.63, 3.8) is 0 Å². The van der Waals surface area contributed by atoms with Crippen LogP contribution in [0.15, 0.2) is 84.5 Å². The minimum Gasteiger partial charge on any atom is -0.463 e. The van der Waals surface area contributed by atoms with E-state index < -0.39 is 8.32 Å². The summed E-state index contributed by atoms with van der Waals surface area (Å²) in [4.78, 5) is 11.8. The zero-order valence-electron chi connectivity index (χ0n) is 25.6. The topological polar surface area (TPSA) is 61.5 Å². The minimum atomic E-state index is -2.56. The van der Waals surface area contributed by atoms with Crippen LogP contribution in [0.5, 0.6) is 0 Å². The van der Waals surface area contributed by atoms with Crippen molar-refractivity contribution >= 4 is 24.7 Å². The molecule has 2 aromatic rings. The van der Waals surface area contributed by atoms with E-state index in [0.717, 1.165) is 25.7 Å². The summed E-state index contributed by atoms with van der Waals surface area (Å²) >= 11 is 0. The quantitative estimate of drug-likeness (QED) is 0.0947. The first-order valence-corrected chi connectivity index (χ1v) is 17.0. The standard InChI is InChI=1S/C35H51NO3Si/c1-7-38-33(37)28(2)19-12-8-9-17-25-35(36)26-18-24-32(35)29(3)27-39-40(34(4,5)6,30-20-13-10-14-21-30)31-22-15-11-16-23-31/h8,10-16,19-23,29,32H,7,9,17-18,24-27,36H2,1-6H3/b12-8+,28-19+/t29-,32+,35+/m0/s1. The zero-order chi connectivity index (χ0) is 29.2. The van der Waals surface area contributed by atoms with Crippen molar-refractivity contribution in [1.82, 2.24) is 0 Å². The molecule has 0 heterocycles. The molecule has 0 saturated heterocycles. The van der Waals surface area contributed by atoms with Crippen molar-refractivity contribution in [2.45, 2.75) is 90.6 Å². The van der Waals surface area contributed by atoms with Gasteiger partial charge in [-0.3, -0.25) is 0 Å². The molecule has 2 N–H and O–H groups in total. The van der Waals surface area contributed by atoms with E-state index in [2.05, 4.69) is 94.4 Å². The van der Waals surface area contributed by atoms with Crippen LogP contribution >= 0.6 is 0 Å². The van der Waals surface area contributed by atoms with E-state index in [1.807, 2.05) is 19.1 Å². The monoisotopic (exact) mass is 561 g/mol. The number of carbonyl (C=O) groups is 1. The van der Waals surface area contributed by atoms with E-state index in [1.165, 1.54) is 23.2 Å². The molecule has 3 atom stereocenters. The summed E-state index contributed by atoms with van der Waals surface area (Å²) in [6.45, 7) is 14.1. The highest BCUT2D eigenvalue weighted by Gasteiger charge is 2.51. The molecule has 0 aromatic heterocycles. The van der Waals surface area contributed by atoms with Crippen LogP contribution in [0.2, 0.25) is 5.04 Å². The van der Waals surface area contributed by atoms with Crippen molar-refractivity contribution in [1.29, 1.82) is 0 Å². The molecule has 0 spiro atoms. The fraction of sp³-hybridized carbons (Fsp3) is 0.514. The number of hydrogen-bond donors (Lipinski definition) is 1. The highest BCUT2D eigenvalue weighted by molar-refractivity contribution is 6.99. The van der Waals surface area contributed by atoms with Crippen LogP contribution in [0, 0.1) is 11.8 Å². The molecule has 1 aliphatic rings. The maximum absolute atomic E-state index is 11.8. The van der Waals surface area contributed by atoms with E-state index in [0.29, 0.717) is 30.6 Å². The van der Waals surface area contributed by atoms with Crippen LogP contribution in [-0.2, 0) is 14.0 Å². The second-order valence-corrected chi connectivity index (χ2v) is 16.9. The summed E-state index contributed by atoms with van der Waals surface area (Å²) in [5, 5.41) is 2.62. The molecule has 0 bridgehead atoms. The number of nitrogens with two attached hydrogens (primary N) is 1. The number of esters is 1. The van der Waals surface area contributed by atoms with Crippen LogP contribution in [0.4, 0.5) is 0 Å². The normalized spacial score (nSPS) is 21.1. The van der Waals surface area contributed by atoms with E-state index in [1.54, 1.807) is 6.92 Å². The van der Waals surface area contributed by atoms with Gasteiger partial charge < -0.3 is 14.9 Å². The van der Waals surface area contributed by atoms with E-state index in [-0.39, 0.29) is 16.5 Å². The molecule has 40 heavy (non-hydrogen) atoms. The first-order valence-electron chi connectivity index (χ1n) is 15.1. The summed E-state index contributed by atoms with van der Waals surface area (Å²) in [7, 11) is -2.56. The van der Waals surface area contributed by atoms with Gasteiger partial charge in [0.1, 0.15) is 0 Å². The molecule has 218 valence electrons. The predicted molar refractivity (Wildman–Crippen MR) is 170 cm³/mol. The van der Waals surface area contributed by atoms with Gasteiger partial charge in [0.2, 0.25) is 0 Å². The Balaban J connectivity index is 1.70. The fourth-order valence-electron chi connectivity index (χ4n) is 6.59. The summed E-state index contributed by atoms with van der Waals surface area (Å²) in [5.41, 5.74) is 7.62. The van der Waals surface area contributed by atoms with Crippen molar-refractivity contribution in [3.8, 4) is 0 Å². The van der Waals surface area contributed by atoms with Gasteiger partial charge in [0.15, 0.2) is 0 Å². The average molecular weight is 562 g/mol. The van der Waals surface area contributed by atoms with E-state index in [9.17, 15) is 4.79 Å². The lowest BCUT2D eigenvalue weighted by Gasteiger charge is -2.44. The van der Waals surface area contributed by atoms with Crippen molar-refractivity contribution in [2.75, 3.05) is 13.2 Å². The van der Waals surface area contributed by atoms with E-state index >= 15 is 0 Å². The molecule has 0 aliphatic heterocycles. The van der Waals surface area contributed by atoms with Crippen molar-refractivity contribution in [3.05, 3.63) is 84.5 Å². The molecular weight excluding hydrogens is 510 g/mol. The summed E-state index contributed by atoms with van der Waals surface area (Å²) in [6, 6.07) is 21.8. The molecule has 5 heteroatoms. The Morgan fingerprint density at radius 3 is 2.25 bits per heavy atom. The summed E-state index contributed by atoms with van der Waals surface area (Å²) < 4.78 is 12.3. The molecule has 0 unspecified atom stereocenters. The number of ether oxygens (including phenoxy) is 1. The van der Waals surface area contributed by atoms with Gasteiger partial charge >= 0.3 is 5.97 Å². The molecular formula is C35H51NO3Si. The van der Waals surface area contributed by atoms with Crippen LogP contribution in [0.25, 0.3) is 0 Å². The average Bonchev–Trinajstić information content (AvgIpc) is 3.32. The summed E-state index contributed by atoms with van der Waals surface area (Å²) in [6.07, 6.45) is 12.3. The van der Waals surface area contributed by atoms with Gasteiger partial charge in [-0.25, -0.2) is 4.79 Å². The Hall–Kier alpha value is -2.47. The van der Waals surface area contributed by atoms with Crippen LogP contribution in [0.1, 0.15) is 80.1 Å². The van der Waals surface area contributed by atoms with E-state index in [4.69, 9.17) is 14.9 Å². The SMILES string of the molecule is CCOC(=O)/C(C)=C/C=C/CCC[C@@]1(N)CCC[C@@H]1[C@@H](C)CO[Si](c1ccccc1)(c1ccccc1)C(C)(C)C. The van der Waals surface area contributed by atoms with Gasteiger partial charge in [0, 0.05) is 17.7 Å². The van der Waals surface area contributed by atoms with Gasteiger partial charge in [-0.1, -0.05) is 113 Å². The first kappa shape index (κ1) is 32.0. The first-order chi connectivity index (χ1) is 19.0. The number of unbranched alkanes of at least 4 members (excludes halogenated alkanes) is 1. The van der Waals surface area contributed by atoms with Crippen LogP contribution in [-0.4, -0.2) is 33.0 Å². The smallest absolute Gasteiger partial charge is 0.333 e. The molecule has 1 fully saturated rings. The van der Waals surface area contributed by atoms with Gasteiger partial charge in [0.25, 0.3) is 8.32 Å². The second-order valence-electron chi connectivity index (χ2n) is 12.6. The second kappa shape index (κ2) is 14.4. The molecule has 1 saturated carbocycles. The molecule has 1 aliphatic carbocycles. The Kier molecular flexibility index (Phi) is 11.6. The maximum atomic E-state index is 11.8.